The number of benzene rings is 1. The Morgan fingerprint density at radius 1 is 1.30 bits per heavy atom. The molecule has 0 bridgehead atoms. The van der Waals surface area contributed by atoms with E-state index in [2.05, 4.69) is 5.32 Å². The summed E-state index contributed by atoms with van der Waals surface area (Å²) in [5, 5.41) is 6.33. The second kappa shape index (κ2) is 5.40. The SMILES string of the molecule is O=C(Cc1cccs1)NC1(c2ccc(Cl)cc2Cl)CC1. The summed E-state index contributed by atoms with van der Waals surface area (Å²) in [4.78, 5) is 13.2. The summed E-state index contributed by atoms with van der Waals surface area (Å²) in [7, 11) is 0. The highest BCUT2D eigenvalue weighted by Gasteiger charge is 2.46. The molecule has 104 valence electrons. The maximum Gasteiger partial charge on any atom is 0.225 e. The number of halogens is 2. The predicted molar refractivity (Wildman–Crippen MR) is 83.5 cm³/mol. The van der Waals surface area contributed by atoms with Crippen LogP contribution in [0.3, 0.4) is 0 Å². The molecule has 1 aliphatic rings. The van der Waals surface area contributed by atoms with E-state index in [-0.39, 0.29) is 11.4 Å². The number of carbonyl (C=O) groups excluding carboxylic acids is 1. The molecule has 5 heteroatoms. The number of carbonyl (C=O) groups is 1. The average Bonchev–Trinajstić information content (AvgIpc) is 2.96. The lowest BCUT2D eigenvalue weighted by Crippen LogP contribution is -2.35. The lowest BCUT2D eigenvalue weighted by Gasteiger charge is -2.19. The molecule has 1 aromatic heterocycles. The Hall–Kier alpha value is -1.03. The van der Waals surface area contributed by atoms with Crippen molar-refractivity contribution in [2.75, 3.05) is 0 Å². The molecule has 1 fully saturated rings. The van der Waals surface area contributed by atoms with Gasteiger partial charge in [0.2, 0.25) is 5.91 Å². The Kier molecular flexibility index (Phi) is 3.76. The van der Waals surface area contributed by atoms with Crippen LogP contribution in [0.4, 0.5) is 0 Å². The Morgan fingerprint density at radius 2 is 2.10 bits per heavy atom. The highest BCUT2D eigenvalue weighted by atomic mass is 35.5. The number of nitrogens with one attached hydrogen (secondary N) is 1. The molecule has 0 unspecified atom stereocenters. The first-order valence-corrected chi connectivity index (χ1v) is 8.02. The number of rotatable bonds is 4. The Morgan fingerprint density at radius 3 is 2.70 bits per heavy atom. The van der Waals surface area contributed by atoms with Crippen molar-refractivity contribution in [3.63, 3.8) is 0 Å². The smallest absolute Gasteiger partial charge is 0.225 e. The minimum absolute atomic E-state index is 0.0379. The summed E-state index contributed by atoms with van der Waals surface area (Å²) in [6.07, 6.45) is 2.26. The molecule has 0 aliphatic heterocycles. The zero-order valence-electron chi connectivity index (χ0n) is 10.7. The van der Waals surface area contributed by atoms with E-state index in [1.165, 1.54) is 0 Å². The molecule has 0 saturated heterocycles. The van der Waals surface area contributed by atoms with E-state index in [0.29, 0.717) is 16.5 Å². The summed E-state index contributed by atoms with van der Waals surface area (Å²) in [5.41, 5.74) is 0.666. The molecular weight excluding hydrogens is 313 g/mol. The van der Waals surface area contributed by atoms with Gasteiger partial charge in [-0.2, -0.15) is 0 Å². The Bertz CT molecular complexity index is 635. The van der Waals surface area contributed by atoms with Gasteiger partial charge in [0.05, 0.1) is 12.0 Å². The second-order valence-electron chi connectivity index (χ2n) is 5.01. The van der Waals surface area contributed by atoms with Crippen LogP contribution in [0.1, 0.15) is 23.3 Å². The number of thiophene rings is 1. The van der Waals surface area contributed by atoms with Gasteiger partial charge in [0.1, 0.15) is 0 Å². The van der Waals surface area contributed by atoms with Crippen molar-refractivity contribution in [3.8, 4) is 0 Å². The van der Waals surface area contributed by atoms with E-state index in [1.807, 2.05) is 29.6 Å². The molecule has 1 aliphatic carbocycles. The lowest BCUT2D eigenvalue weighted by molar-refractivity contribution is -0.121. The Balaban J connectivity index is 1.74. The Labute approximate surface area is 131 Å². The molecule has 20 heavy (non-hydrogen) atoms. The molecule has 0 atom stereocenters. The molecule has 2 aromatic rings. The molecule has 1 aromatic carbocycles. The summed E-state index contributed by atoms with van der Waals surface area (Å²) >= 11 is 13.8. The fraction of sp³-hybridized carbons (Fsp3) is 0.267. The second-order valence-corrected chi connectivity index (χ2v) is 6.89. The van der Waals surface area contributed by atoms with E-state index >= 15 is 0 Å². The van der Waals surface area contributed by atoms with Crippen LogP contribution in [0.25, 0.3) is 0 Å². The van der Waals surface area contributed by atoms with Gasteiger partial charge in [-0.3, -0.25) is 4.79 Å². The van der Waals surface area contributed by atoms with Crippen LogP contribution in [-0.2, 0) is 16.8 Å². The summed E-state index contributed by atoms with van der Waals surface area (Å²) < 4.78 is 0. The predicted octanol–water partition coefficient (Wildman–Crippen LogP) is 4.40. The van der Waals surface area contributed by atoms with Crippen LogP contribution >= 0.6 is 34.5 Å². The largest absolute Gasteiger partial charge is 0.346 e. The fourth-order valence-corrected chi connectivity index (χ4v) is 3.64. The zero-order chi connectivity index (χ0) is 14.2. The molecule has 1 N–H and O–H groups in total. The summed E-state index contributed by atoms with van der Waals surface area (Å²) in [6.45, 7) is 0. The molecule has 2 nitrogen and oxygen atoms in total. The van der Waals surface area contributed by atoms with Gasteiger partial charge in [-0.05, 0) is 42.0 Å². The molecule has 3 rings (SSSR count). The van der Waals surface area contributed by atoms with Gasteiger partial charge in [0.25, 0.3) is 0 Å². The van der Waals surface area contributed by atoms with E-state index in [0.717, 1.165) is 23.3 Å². The summed E-state index contributed by atoms with van der Waals surface area (Å²) in [5.74, 6) is 0.0379. The van der Waals surface area contributed by atoms with Gasteiger partial charge in [0.15, 0.2) is 0 Å². The third-order valence-electron chi connectivity index (χ3n) is 3.49. The summed E-state index contributed by atoms with van der Waals surface area (Å²) in [6, 6.07) is 9.37. The molecular formula is C15H13Cl2NOS. The lowest BCUT2D eigenvalue weighted by atomic mass is 10.0. The quantitative estimate of drug-likeness (QED) is 0.886. The van der Waals surface area contributed by atoms with Crippen LogP contribution in [-0.4, -0.2) is 5.91 Å². The monoisotopic (exact) mass is 325 g/mol. The first-order valence-electron chi connectivity index (χ1n) is 6.38. The first-order chi connectivity index (χ1) is 9.59. The van der Waals surface area contributed by atoms with E-state index < -0.39 is 0 Å². The van der Waals surface area contributed by atoms with Gasteiger partial charge in [-0.25, -0.2) is 0 Å². The van der Waals surface area contributed by atoms with Crippen LogP contribution in [0, 0.1) is 0 Å². The fourth-order valence-electron chi connectivity index (χ4n) is 2.35. The minimum Gasteiger partial charge on any atom is -0.346 e. The van der Waals surface area contributed by atoms with Crippen LogP contribution in [0.5, 0.6) is 0 Å². The first kappa shape index (κ1) is 13.9. The molecule has 0 spiro atoms. The van der Waals surface area contributed by atoms with Crippen molar-refractivity contribution in [1.82, 2.24) is 5.32 Å². The van der Waals surface area contributed by atoms with Gasteiger partial charge >= 0.3 is 0 Å². The van der Waals surface area contributed by atoms with Gasteiger partial charge in [-0.15, -0.1) is 11.3 Å². The standard InChI is InChI=1S/C15H13Cl2NOS/c16-10-3-4-12(13(17)8-10)15(5-6-15)18-14(19)9-11-2-1-7-20-11/h1-4,7-8H,5-6,9H2,(H,18,19). The van der Waals surface area contributed by atoms with Crippen molar-refractivity contribution in [2.24, 2.45) is 0 Å². The van der Waals surface area contributed by atoms with Gasteiger partial charge < -0.3 is 5.32 Å². The normalized spacial score (nSPS) is 15.9. The van der Waals surface area contributed by atoms with Crippen LogP contribution < -0.4 is 5.32 Å². The maximum atomic E-state index is 12.1. The van der Waals surface area contributed by atoms with Crippen molar-refractivity contribution >= 4 is 40.4 Å². The highest BCUT2D eigenvalue weighted by Crippen LogP contribution is 2.48. The molecule has 0 radical (unpaired) electrons. The number of hydrogen-bond acceptors (Lipinski definition) is 2. The number of hydrogen-bond donors (Lipinski definition) is 1. The van der Waals surface area contributed by atoms with Crippen LogP contribution in [0.15, 0.2) is 35.7 Å². The van der Waals surface area contributed by atoms with Crippen molar-refractivity contribution in [1.29, 1.82) is 0 Å². The van der Waals surface area contributed by atoms with Crippen molar-refractivity contribution in [2.45, 2.75) is 24.8 Å². The third kappa shape index (κ3) is 2.85. The molecule has 1 amide bonds. The average molecular weight is 326 g/mol. The van der Waals surface area contributed by atoms with E-state index in [1.54, 1.807) is 17.4 Å². The minimum atomic E-state index is -0.296. The molecule has 1 saturated carbocycles. The maximum absolute atomic E-state index is 12.1. The van der Waals surface area contributed by atoms with Gasteiger partial charge in [0, 0.05) is 14.9 Å². The number of amides is 1. The van der Waals surface area contributed by atoms with Crippen molar-refractivity contribution in [3.05, 3.63) is 56.2 Å². The van der Waals surface area contributed by atoms with Crippen LogP contribution in [0.2, 0.25) is 10.0 Å². The third-order valence-corrected chi connectivity index (χ3v) is 4.91. The van der Waals surface area contributed by atoms with Crippen molar-refractivity contribution < 1.29 is 4.79 Å². The highest BCUT2D eigenvalue weighted by molar-refractivity contribution is 7.10. The van der Waals surface area contributed by atoms with Gasteiger partial charge in [-0.1, -0.05) is 35.3 Å². The van der Waals surface area contributed by atoms with E-state index in [4.69, 9.17) is 23.2 Å². The molecule has 1 heterocycles. The van der Waals surface area contributed by atoms with E-state index in [9.17, 15) is 4.79 Å². The topological polar surface area (TPSA) is 29.1 Å². The zero-order valence-corrected chi connectivity index (χ0v) is 13.0.